The van der Waals surface area contributed by atoms with Crippen LogP contribution in [0.5, 0.6) is 0 Å². The summed E-state index contributed by atoms with van der Waals surface area (Å²) in [6.07, 6.45) is 1.90. The van der Waals surface area contributed by atoms with Gasteiger partial charge >= 0.3 is 0 Å². The minimum atomic E-state index is -1.22. The third kappa shape index (κ3) is 4.03. The number of nitrogens with one attached hydrogen (secondary N) is 1. The molecule has 2 N–H and O–H groups in total. The van der Waals surface area contributed by atoms with E-state index in [0.29, 0.717) is 31.4 Å². The molecule has 0 saturated carbocycles. The molecule has 3 nitrogen and oxygen atoms in total. The molecule has 100 valence electrons. The van der Waals surface area contributed by atoms with Crippen molar-refractivity contribution >= 4 is 5.91 Å². The molecule has 1 amide bonds. The van der Waals surface area contributed by atoms with E-state index in [2.05, 4.69) is 5.32 Å². The Morgan fingerprint density at radius 1 is 1.11 bits per heavy atom. The van der Waals surface area contributed by atoms with Crippen LogP contribution in [0, 0.1) is 17.5 Å². The largest absolute Gasteiger partial charge is 0.396 e. The molecule has 0 saturated heterocycles. The molecule has 0 aromatic heterocycles. The van der Waals surface area contributed by atoms with E-state index in [9.17, 15) is 18.0 Å². The minimum absolute atomic E-state index is 0.0646. The Hall–Kier alpha value is -1.56. The Kier molecular flexibility index (Phi) is 5.64. The van der Waals surface area contributed by atoms with E-state index in [0.717, 1.165) is 0 Å². The summed E-state index contributed by atoms with van der Waals surface area (Å²) in [6, 6.07) is 0.924. The van der Waals surface area contributed by atoms with Crippen LogP contribution in [-0.4, -0.2) is 24.2 Å². The Bertz CT molecular complexity index is 401. The highest BCUT2D eigenvalue weighted by Gasteiger charge is 2.18. The first kappa shape index (κ1) is 14.5. The van der Waals surface area contributed by atoms with Gasteiger partial charge in [-0.05, 0) is 19.3 Å². The number of hydrogen-bond donors (Lipinski definition) is 2. The normalized spacial score (nSPS) is 10.4. The van der Waals surface area contributed by atoms with Gasteiger partial charge in [0.2, 0.25) is 0 Å². The van der Waals surface area contributed by atoms with Crippen LogP contribution in [0.25, 0.3) is 0 Å². The average Bonchev–Trinajstić information content (AvgIpc) is 2.27. The second kappa shape index (κ2) is 7.00. The first-order valence-electron chi connectivity index (χ1n) is 5.60. The topological polar surface area (TPSA) is 49.3 Å². The quantitative estimate of drug-likeness (QED) is 0.769. The van der Waals surface area contributed by atoms with Crippen molar-refractivity contribution in [2.75, 3.05) is 13.2 Å². The van der Waals surface area contributed by atoms with E-state index < -0.39 is 28.9 Å². The highest BCUT2D eigenvalue weighted by atomic mass is 19.1. The van der Waals surface area contributed by atoms with Gasteiger partial charge in [0.1, 0.15) is 23.0 Å². The van der Waals surface area contributed by atoms with Crippen LogP contribution in [0.1, 0.15) is 29.6 Å². The van der Waals surface area contributed by atoms with Crippen molar-refractivity contribution in [1.29, 1.82) is 0 Å². The fourth-order valence-electron chi connectivity index (χ4n) is 1.46. The second-order valence-electron chi connectivity index (χ2n) is 3.78. The standard InChI is InChI=1S/C12H14F3NO2/c13-8-6-9(14)11(10(15)7-8)12(18)16-4-2-1-3-5-17/h6-7,17H,1-5H2,(H,16,18). The predicted octanol–water partition coefficient (Wildman–Crippen LogP) is 2.00. The van der Waals surface area contributed by atoms with Gasteiger partial charge in [0.15, 0.2) is 0 Å². The van der Waals surface area contributed by atoms with Crippen molar-refractivity contribution in [3.63, 3.8) is 0 Å². The van der Waals surface area contributed by atoms with Crippen LogP contribution >= 0.6 is 0 Å². The number of unbranched alkanes of at least 4 members (excludes halogenated alkanes) is 2. The summed E-state index contributed by atoms with van der Waals surface area (Å²) >= 11 is 0. The van der Waals surface area contributed by atoms with E-state index in [1.807, 2.05) is 0 Å². The van der Waals surface area contributed by atoms with Crippen molar-refractivity contribution in [3.05, 3.63) is 35.1 Å². The monoisotopic (exact) mass is 261 g/mol. The van der Waals surface area contributed by atoms with Crippen LogP contribution in [-0.2, 0) is 0 Å². The molecule has 1 aromatic rings. The number of hydrogen-bond acceptors (Lipinski definition) is 2. The third-order valence-electron chi connectivity index (χ3n) is 2.35. The Labute approximate surface area is 103 Å². The van der Waals surface area contributed by atoms with Gasteiger partial charge in [-0.25, -0.2) is 13.2 Å². The minimum Gasteiger partial charge on any atom is -0.396 e. The molecule has 0 heterocycles. The summed E-state index contributed by atoms with van der Waals surface area (Å²) in [6.45, 7) is 0.310. The van der Waals surface area contributed by atoms with Gasteiger partial charge in [-0.15, -0.1) is 0 Å². The summed E-state index contributed by atoms with van der Waals surface area (Å²) in [5, 5.41) is 10.9. The molecule has 0 atom stereocenters. The molecule has 0 aliphatic heterocycles. The van der Waals surface area contributed by atoms with Crippen LogP contribution in [0.2, 0.25) is 0 Å². The molecular weight excluding hydrogens is 247 g/mol. The summed E-state index contributed by atoms with van der Waals surface area (Å²) < 4.78 is 39.1. The second-order valence-corrected chi connectivity index (χ2v) is 3.78. The summed E-state index contributed by atoms with van der Waals surface area (Å²) in [5.74, 6) is -4.42. The van der Waals surface area contributed by atoms with Crippen molar-refractivity contribution in [2.45, 2.75) is 19.3 Å². The Balaban J connectivity index is 2.57. The van der Waals surface area contributed by atoms with Gasteiger partial charge in [0.05, 0.1) is 0 Å². The van der Waals surface area contributed by atoms with E-state index >= 15 is 0 Å². The molecule has 0 spiro atoms. The van der Waals surface area contributed by atoms with Crippen molar-refractivity contribution < 1.29 is 23.1 Å². The Morgan fingerprint density at radius 3 is 2.28 bits per heavy atom. The van der Waals surface area contributed by atoms with E-state index in [-0.39, 0.29) is 13.2 Å². The molecule has 0 radical (unpaired) electrons. The summed E-state index contributed by atoms with van der Waals surface area (Å²) in [7, 11) is 0. The fraction of sp³-hybridized carbons (Fsp3) is 0.417. The van der Waals surface area contributed by atoms with E-state index in [4.69, 9.17) is 5.11 Å². The van der Waals surface area contributed by atoms with E-state index in [1.54, 1.807) is 0 Å². The zero-order valence-electron chi connectivity index (χ0n) is 9.68. The lowest BCUT2D eigenvalue weighted by Crippen LogP contribution is -2.26. The molecule has 0 bridgehead atoms. The number of rotatable bonds is 6. The number of benzene rings is 1. The smallest absolute Gasteiger partial charge is 0.257 e. The van der Waals surface area contributed by atoms with Crippen molar-refractivity contribution in [3.8, 4) is 0 Å². The predicted molar refractivity (Wildman–Crippen MR) is 59.6 cm³/mol. The molecule has 1 rings (SSSR count). The number of carbonyl (C=O) groups is 1. The molecule has 0 fully saturated rings. The van der Waals surface area contributed by atoms with Crippen molar-refractivity contribution in [2.24, 2.45) is 0 Å². The third-order valence-corrected chi connectivity index (χ3v) is 2.35. The first-order chi connectivity index (χ1) is 8.56. The van der Waals surface area contributed by atoms with E-state index in [1.165, 1.54) is 0 Å². The molecule has 0 aliphatic carbocycles. The lowest BCUT2D eigenvalue weighted by Gasteiger charge is -2.07. The maximum atomic E-state index is 13.2. The zero-order valence-corrected chi connectivity index (χ0v) is 9.68. The van der Waals surface area contributed by atoms with Gasteiger partial charge < -0.3 is 10.4 Å². The zero-order chi connectivity index (χ0) is 13.5. The SMILES string of the molecule is O=C(NCCCCCO)c1c(F)cc(F)cc1F. The van der Waals surface area contributed by atoms with Crippen LogP contribution < -0.4 is 5.32 Å². The molecule has 1 aromatic carbocycles. The van der Waals surface area contributed by atoms with Gasteiger partial charge in [-0.3, -0.25) is 4.79 Å². The first-order valence-corrected chi connectivity index (χ1v) is 5.60. The molecule has 6 heteroatoms. The summed E-state index contributed by atoms with van der Waals surface area (Å²) in [5.41, 5.74) is -0.779. The van der Waals surface area contributed by atoms with Crippen molar-refractivity contribution in [1.82, 2.24) is 5.32 Å². The lowest BCUT2D eigenvalue weighted by molar-refractivity contribution is 0.0944. The average molecular weight is 261 g/mol. The van der Waals surface area contributed by atoms with Crippen LogP contribution in [0.4, 0.5) is 13.2 Å². The maximum absolute atomic E-state index is 13.2. The number of aliphatic hydroxyl groups excluding tert-OH is 1. The van der Waals surface area contributed by atoms with Gasteiger partial charge in [0, 0.05) is 25.3 Å². The maximum Gasteiger partial charge on any atom is 0.257 e. The molecule has 0 unspecified atom stereocenters. The van der Waals surface area contributed by atoms with Crippen LogP contribution in [0.3, 0.4) is 0 Å². The number of amides is 1. The van der Waals surface area contributed by atoms with Gasteiger partial charge in [-0.1, -0.05) is 0 Å². The highest BCUT2D eigenvalue weighted by molar-refractivity contribution is 5.94. The number of halogens is 3. The molecule has 18 heavy (non-hydrogen) atoms. The highest BCUT2D eigenvalue weighted by Crippen LogP contribution is 2.14. The molecular formula is C12H14F3NO2. The van der Waals surface area contributed by atoms with Crippen LogP contribution in [0.15, 0.2) is 12.1 Å². The summed E-state index contributed by atoms with van der Waals surface area (Å²) in [4.78, 5) is 11.5. The fourth-order valence-corrected chi connectivity index (χ4v) is 1.46. The lowest BCUT2D eigenvalue weighted by atomic mass is 10.1. The van der Waals surface area contributed by atoms with Gasteiger partial charge in [-0.2, -0.15) is 0 Å². The Morgan fingerprint density at radius 2 is 1.72 bits per heavy atom. The number of carbonyl (C=O) groups excluding carboxylic acids is 1. The molecule has 0 aliphatic rings. The van der Waals surface area contributed by atoms with Gasteiger partial charge in [0.25, 0.3) is 5.91 Å². The number of aliphatic hydroxyl groups is 1.